The number of allylic oxidation sites excluding steroid dienone is 9. The standard InChI is InChI=1S/C39H36/c1-3-4-16-34(30-27-31-25-28-33(29-26-31)32-17-8-5-9-18-32)37-23-14-15-24-38(37)39(2,35-19-10-6-11-20-35)36-21-12-7-13-22-36/h3-14,16-23,25-30H,15,24H2,1-2H3/b4-3+,30-27-,34-16+. The molecule has 5 rings (SSSR count). The second-order valence-electron chi connectivity index (χ2n) is 10.2. The zero-order chi connectivity index (χ0) is 26.9. The summed E-state index contributed by atoms with van der Waals surface area (Å²) in [5.74, 6) is 0. The normalized spacial score (nSPS) is 14.5. The van der Waals surface area contributed by atoms with Gasteiger partial charge in [-0.05, 0) is 71.2 Å². The number of hydrogen-bond donors (Lipinski definition) is 0. The molecule has 4 aromatic rings. The molecule has 4 aromatic carbocycles. The van der Waals surface area contributed by atoms with Crippen LogP contribution in [0.2, 0.25) is 0 Å². The van der Waals surface area contributed by atoms with Crippen molar-refractivity contribution < 1.29 is 0 Å². The largest absolute Gasteiger partial charge is 0.0876 e. The van der Waals surface area contributed by atoms with Crippen LogP contribution in [0, 0.1) is 0 Å². The summed E-state index contributed by atoms with van der Waals surface area (Å²) in [6, 6.07) is 41.3. The Bertz CT molecular complexity index is 1470. The average Bonchev–Trinajstić information content (AvgIpc) is 3.02. The van der Waals surface area contributed by atoms with Crippen LogP contribution < -0.4 is 0 Å². The van der Waals surface area contributed by atoms with Gasteiger partial charge < -0.3 is 0 Å². The van der Waals surface area contributed by atoms with Crippen molar-refractivity contribution in [1.29, 1.82) is 0 Å². The molecule has 192 valence electrons. The molecule has 0 heterocycles. The molecule has 0 fully saturated rings. The Morgan fingerprint density at radius 1 is 0.692 bits per heavy atom. The van der Waals surface area contributed by atoms with Gasteiger partial charge in [-0.3, -0.25) is 0 Å². The molecule has 0 unspecified atom stereocenters. The third kappa shape index (κ3) is 5.86. The predicted octanol–water partition coefficient (Wildman–Crippen LogP) is 10.5. The molecule has 0 N–H and O–H groups in total. The molecule has 0 saturated heterocycles. The highest BCUT2D eigenvalue weighted by Crippen LogP contribution is 2.45. The summed E-state index contributed by atoms with van der Waals surface area (Å²) in [5.41, 5.74) is 10.1. The van der Waals surface area contributed by atoms with E-state index >= 15 is 0 Å². The van der Waals surface area contributed by atoms with Crippen LogP contribution in [-0.2, 0) is 5.41 Å². The van der Waals surface area contributed by atoms with Crippen molar-refractivity contribution in [2.75, 3.05) is 0 Å². The van der Waals surface area contributed by atoms with E-state index in [2.05, 4.69) is 172 Å². The van der Waals surface area contributed by atoms with E-state index in [-0.39, 0.29) is 5.41 Å². The third-order valence-corrected chi connectivity index (χ3v) is 7.73. The Hall–Kier alpha value is -4.42. The summed E-state index contributed by atoms with van der Waals surface area (Å²) in [7, 11) is 0. The summed E-state index contributed by atoms with van der Waals surface area (Å²) in [6.45, 7) is 4.47. The maximum absolute atomic E-state index is 2.39. The number of benzene rings is 4. The summed E-state index contributed by atoms with van der Waals surface area (Å²) < 4.78 is 0. The fourth-order valence-corrected chi connectivity index (χ4v) is 5.55. The van der Waals surface area contributed by atoms with E-state index in [1.54, 1.807) is 0 Å². The van der Waals surface area contributed by atoms with Gasteiger partial charge in [-0.15, -0.1) is 0 Å². The van der Waals surface area contributed by atoms with E-state index in [0.29, 0.717) is 0 Å². The minimum atomic E-state index is -0.233. The lowest BCUT2D eigenvalue weighted by atomic mass is 9.66. The minimum absolute atomic E-state index is 0.233. The van der Waals surface area contributed by atoms with Crippen molar-refractivity contribution in [1.82, 2.24) is 0 Å². The second-order valence-corrected chi connectivity index (χ2v) is 10.2. The lowest BCUT2D eigenvalue weighted by molar-refractivity contribution is 0.628. The molecule has 0 amide bonds. The Balaban J connectivity index is 1.58. The summed E-state index contributed by atoms with van der Waals surface area (Å²) in [6.07, 6.45) is 17.7. The predicted molar refractivity (Wildman–Crippen MR) is 169 cm³/mol. The molecule has 1 aliphatic carbocycles. The van der Waals surface area contributed by atoms with Gasteiger partial charge in [0.25, 0.3) is 0 Å². The van der Waals surface area contributed by atoms with Gasteiger partial charge in [0.05, 0.1) is 0 Å². The maximum Gasteiger partial charge on any atom is 0.0392 e. The highest BCUT2D eigenvalue weighted by atomic mass is 14.4. The average molecular weight is 505 g/mol. The van der Waals surface area contributed by atoms with E-state index in [1.807, 2.05) is 0 Å². The maximum atomic E-state index is 2.39. The smallest absolute Gasteiger partial charge is 0.0392 e. The van der Waals surface area contributed by atoms with Crippen molar-refractivity contribution in [3.8, 4) is 11.1 Å². The summed E-state index contributed by atoms with van der Waals surface area (Å²) >= 11 is 0. The lowest BCUT2D eigenvalue weighted by Gasteiger charge is -2.37. The van der Waals surface area contributed by atoms with Gasteiger partial charge in [-0.2, -0.15) is 0 Å². The molecule has 0 saturated carbocycles. The monoisotopic (exact) mass is 504 g/mol. The molecular formula is C39H36. The first kappa shape index (κ1) is 26.2. The molecule has 0 aromatic heterocycles. The van der Waals surface area contributed by atoms with Crippen molar-refractivity contribution in [2.45, 2.75) is 32.1 Å². The Kier molecular flexibility index (Phi) is 8.34. The number of rotatable bonds is 8. The van der Waals surface area contributed by atoms with Gasteiger partial charge in [0.15, 0.2) is 0 Å². The van der Waals surface area contributed by atoms with Gasteiger partial charge in [-0.25, -0.2) is 0 Å². The molecule has 1 aliphatic rings. The van der Waals surface area contributed by atoms with Crippen LogP contribution in [-0.4, -0.2) is 0 Å². The van der Waals surface area contributed by atoms with Gasteiger partial charge in [0, 0.05) is 5.41 Å². The fourth-order valence-electron chi connectivity index (χ4n) is 5.55. The summed E-state index contributed by atoms with van der Waals surface area (Å²) in [4.78, 5) is 0. The third-order valence-electron chi connectivity index (χ3n) is 7.73. The fraction of sp³-hybridized carbons (Fsp3) is 0.128. The van der Waals surface area contributed by atoms with Crippen LogP contribution in [0.15, 0.2) is 168 Å². The Morgan fingerprint density at radius 3 is 1.85 bits per heavy atom. The zero-order valence-electron chi connectivity index (χ0n) is 22.9. The summed E-state index contributed by atoms with van der Waals surface area (Å²) in [5, 5.41) is 0. The minimum Gasteiger partial charge on any atom is -0.0876 e. The first-order chi connectivity index (χ1) is 19.2. The topological polar surface area (TPSA) is 0 Å². The van der Waals surface area contributed by atoms with E-state index in [9.17, 15) is 0 Å². The SMILES string of the molecule is C/C=C/C=C(\C=C/c1ccc(-c2ccccc2)cc1)C1=C(C(C)(c2ccccc2)c2ccccc2)CCC=C1. The van der Waals surface area contributed by atoms with Crippen molar-refractivity contribution >= 4 is 6.08 Å². The van der Waals surface area contributed by atoms with E-state index in [1.165, 1.54) is 44.5 Å². The van der Waals surface area contributed by atoms with E-state index in [4.69, 9.17) is 0 Å². The van der Waals surface area contributed by atoms with Gasteiger partial charge in [-0.1, -0.05) is 158 Å². The molecule has 0 nitrogen and oxygen atoms in total. The van der Waals surface area contributed by atoms with Gasteiger partial charge in [0.2, 0.25) is 0 Å². The number of hydrogen-bond acceptors (Lipinski definition) is 0. The molecule has 0 radical (unpaired) electrons. The van der Waals surface area contributed by atoms with Crippen LogP contribution in [0.1, 0.15) is 43.4 Å². The van der Waals surface area contributed by atoms with Gasteiger partial charge >= 0.3 is 0 Å². The molecule has 39 heavy (non-hydrogen) atoms. The van der Waals surface area contributed by atoms with Crippen LogP contribution >= 0.6 is 0 Å². The molecular weight excluding hydrogens is 468 g/mol. The van der Waals surface area contributed by atoms with Crippen molar-refractivity contribution in [3.63, 3.8) is 0 Å². The van der Waals surface area contributed by atoms with E-state index in [0.717, 1.165) is 12.8 Å². The van der Waals surface area contributed by atoms with Crippen molar-refractivity contribution in [3.05, 3.63) is 185 Å². The Morgan fingerprint density at radius 2 is 1.26 bits per heavy atom. The van der Waals surface area contributed by atoms with Crippen LogP contribution in [0.3, 0.4) is 0 Å². The molecule has 0 aliphatic heterocycles. The van der Waals surface area contributed by atoms with Gasteiger partial charge in [0.1, 0.15) is 0 Å². The second kappa shape index (κ2) is 12.4. The van der Waals surface area contributed by atoms with Crippen molar-refractivity contribution in [2.24, 2.45) is 0 Å². The first-order valence-corrected chi connectivity index (χ1v) is 13.9. The molecule has 0 heteroatoms. The van der Waals surface area contributed by atoms with E-state index < -0.39 is 0 Å². The highest BCUT2D eigenvalue weighted by Gasteiger charge is 2.35. The highest BCUT2D eigenvalue weighted by molar-refractivity contribution is 5.68. The zero-order valence-corrected chi connectivity index (χ0v) is 22.9. The van der Waals surface area contributed by atoms with Crippen LogP contribution in [0.5, 0.6) is 0 Å². The molecule has 0 bridgehead atoms. The van der Waals surface area contributed by atoms with Crippen LogP contribution in [0.4, 0.5) is 0 Å². The lowest BCUT2D eigenvalue weighted by Crippen LogP contribution is -2.28. The molecule has 0 spiro atoms. The quantitative estimate of drug-likeness (QED) is 0.209. The van der Waals surface area contributed by atoms with Crippen LogP contribution in [0.25, 0.3) is 17.2 Å². The first-order valence-electron chi connectivity index (χ1n) is 13.9. The molecule has 0 atom stereocenters. The Labute approximate surface area is 234 Å².